The minimum atomic E-state index is -0.220. The summed E-state index contributed by atoms with van der Waals surface area (Å²) >= 11 is 6.02. The predicted octanol–water partition coefficient (Wildman–Crippen LogP) is 3.94. The van der Waals surface area contributed by atoms with E-state index >= 15 is 0 Å². The van der Waals surface area contributed by atoms with Crippen molar-refractivity contribution in [2.24, 2.45) is 5.10 Å². The average molecular weight is 466 g/mol. The van der Waals surface area contributed by atoms with Gasteiger partial charge in [0.2, 0.25) is 0 Å². The smallest absolute Gasteiger partial charge is 0.185 e. The van der Waals surface area contributed by atoms with E-state index in [0.717, 1.165) is 48.4 Å². The summed E-state index contributed by atoms with van der Waals surface area (Å²) in [4.78, 5) is 21.7. The first kappa shape index (κ1) is 23.0. The molecule has 4 rings (SSSR count). The zero-order valence-corrected chi connectivity index (χ0v) is 19.6. The number of aliphatic hydroxyl groups is 1. The van der Waals surface area contributed by atoms with Crippen LogP contribution in [0.2, 0.25) is 5.02 Å². The fraction of sp³-hybridized carbons (Fsp3) is 0.320. The number of aliphatic hydroxyl groups excluding tert-OH is 1. The van der Waals surface area contributed by atoms with Gasteiger partial charge in [0.1, 0.15) is 17.9 Å². The van der Waals surface area contributed by atoms with Crippen molar-refractivity contribution in [3.05, 3.63) is 71.1 Å². The number of carbonyl (C=O) groups excluding carboxylic acids is 1. The Morgan fingerprint density at radius 3 is 2.55 bits per heavy atom. The van der Waals surface area contributed by atoms with Gasteiger partial charge in [-0.15, -0.1) is 0 Å². The van der Waals surface area contributed by atoms with E-state index in [9.17, 15) is 9.90 Å². The number of ketones is 1. The highest BCUT2D eigenvalue weighted by Crippen LogP contribution is 2.25. The highest BCUT2D eigenvalue weighted by molar-refractivity contribution is 6.30. The molecule has 0 spiro atoms. The number of rotatable bonds is 7. The monoisotopic (exact) mass is 465 g/mol. The summed E-state index contributed by atoms with van der Waals surface area (Å²) < 4.78 is 1.62. The van der Waals surface area contributed by atoms with E-state index in [1.54, 1.807) is 17.2 Å². The summed E-state index contributed by atoms with van der Waals surface area (Å²) in [6.45, 7) is 1.58. The Balaban J connectivity index is 1.53. The lowest BCUT2D eigenvalue weighted by molar-refractivity contribution is 0.0985. The molecule has 33 heavy (non-hydrogen) atoms. The van der Waals surface area contributed by atoms with Crippen molar-refractivity contribution in [3.8, 4) is 11.1 Å². The summed E-state index contributed by atoms with van der Waals surface area (Å²) in [6, 6.07) is 13.3. The summed E-state index contributed by atoms with van der Waals surface area (Å²) in [5.74, 6) is 0.837. The Labute approximate surface area is 198 Å². The van der Waals surface area contributed by atoms with E-state index in [-0.39, 0.29) is 18.3 Å². The fourth-order valence-electron chi connectivity index (χ4n) is 3.79. The van der Waals surface area contributed by atoms with Gasteiger partial charge in [0.25, 0.3) is 0 Å². The summed E-state index contributed by atoms with van der Waals surface area (Å²) in [7, 11) is 3.76. The number of carbonyl (C=O) groups is 1. The summed E-state index contributed by atoms with van der Waals surface area (Å²) in [5.41, 5.74) is 3.21. The summed E-state index contributed by atoms with van der Waals surface area (Å²) in [5, 5.41) is 14.8. The molecule has 3 heterocycles. The molecule has 0 atom stereocenters. The molecule has 2 aromatic heterocycles. The van der Waals surface area contributed by atoms with Crippen LogP contribution in [0.5, 0.6) is 0 Å². The third kappa shape index (κ3) is 5.80. The lowest BCUT2D eigenvalue weighted by atomic mass is 10.1. The Morgan fingerprint density at radius 2 is 1.91 bits per heavy atom. The summed E-state index contributed by atoms with van der Waals surface area (Å²) in [6.07, 6.45) is 6.78. The predicted molar refractivity (Wildman–Crippen MR) is 132 cm³/mol. The average Bonchev–Trinajstić information content (AvgIpc) is 3.24. The number of anilines is 1. The molecule has 1 N–H and O–H groups in total. The van der Waals surface area contributed by atoms with Gasteiger partial charge in [-0.05, 0) is 48.2 Å². The third-order valence-corrected chi connectivity index (χ3v) is 5.88. The van der Waals surface area contributed by atoms with Gasteiger partial charge in [-0.3, -0.25) is 4.79 Å². The normalized spacial score (nSPS) is 14.7. The zero-order valence-electron chi connectivity index (χ0n) is 18.9. The minimum Gasteiger partial charge on any atom is -0.393 e. The maximum atomic E-state index is 13.2. The Morgan fingerprint density at radius 1 is 1.18 bits per heavy atom. The molecule has 1 aliphatic heterocycles. The van der Waals surface area contributed by atoms with Crippen LogP contribution in [-0.2, 0) is 6.42 Å². The van der Waals surface area contributed by atoms with Crippen LogP contribution in [-0.4, -0.2) is 65.1 Å². The Bertz CT molecular complexity index is 1110. The first-order chi connectivity index (χ1) is 15.9. The van der Waals surface area contributed by atoms with Gasteiger partial charge < -0.3 is 14.9 Å². The van der Waals surface area contributed by atoms with Crippen LogP contribution in [0.1, 0.15) is 28.9 Å². The van der Waals surface area contributed by atoms with E-state index < -0.39 is 0 Å². The molecule has 8 heteroatoms. The number of Topliss-reactive ketones (excluding diaryl/α,β-unsaturated/α-hetero) is 1. The van der Waals surface area contributed by atoms with Gasteiger partial charge in [0, 0.05) is 56.6 Å². The van der Waals surface area contributed by atoms with Crippen molar-refractivity contribution >= 4 is 29.5 Å². The largest absolute Gasteiger partial charge is 0.393 e. The van der Waals surface area contributed by atoms with Gasteiger partial charge >= 0.3 is 0 Å². The third-order valence-electron chi connectivity index (χ3n) is 5.63. The van der Waals surface area contributed by atoms with Crippen molar-refractivity contribution in [2.45, 2.75) is 25.4 Å². The first-order valence-electron chi connectivity index (χ1n) is 11.0. The highest BCUT2D eigenvalue weighted by Gasteiger charge is 2.19. The van der Waals surface area contributed by atoms with Crippen molar-refractivity contribution in [1.82, 2.24) is 14.6 Å². The molecule has 1 fully saturated rings. The number of nitrogens with zero attached hydrogens (tertiary/aromatic N) is 5. The van der Waals surface area contributed by atoms with E-state index in [1.807, 2.05) is 67.7 Å². The number of halogens is 1. The van der Waals surface area contributed by atoms with E-state index in [4.69, 9.17) is 11.6 Å². The van der Waals surface area contributed by atoms with Gasteiger partial charge in [0.05, 0.1) is 6.10 Å². The molecule has 1 saturated heterocycles. The zero-order chi connectivity index (χ0) is 23.4. The molecule has 0 saturated carbocycles. The van der Waals surface area contributed by atoms with E-state index in [0.29, 0.717) is 10.7 Å². The van der Waals surface area contributed by atoms with Crippen LogP contribution < -0.4 is 4.90 Å². The topological polar surface area (TPSA) is 74.0 Å². The molecule has 172 valence electrons. The van der Waals surface area contributed by atoms with Gasteiger partial charge in [-0.25, -0.2) is 9.66 Å². The van der Waals surface area contributed by atoms with Gasteiger partial charge in [-0.1, -0.05) is 29.8 Å². The SMILES string of the molecule is CN(C)/C=N\n1cc(-c2ccc(Cl)cc2)cc1C(=O)Cc1ccc(N2CCC(O)CC2)nc1. The van der Waals surface area contributed by atoms with Crippen LogP contribution in [0.15, 0.2) is 60.0 Å². The molecule has 0 bridgehead atoms. The quantitative estimate of drug-likeness (QED) is 0.325. The number of hydrogen-bond donors (Lipinski definition) is 1. The van der Waals surface area contributed by atoms with Crippen LogP contribution in [0, 0.1) is 0 Å². The maximum Gasteiger partial charge on any atom is 0.185 e. The molecular formula is C25H28ClN5O2. The van der Waals surface area contributed by atoms with Crippen LogP contribution >= 0.6 is 11.6 Å². The fourth-order valence-corrected chi connectivity index (χ4v) is 3.92. The highest BCUT2D eigenvalue weighted by atomic mass is 35.5. The Kier molecular flexibility index (Phi) is 7.11. The second-order valence-electron chi connectivity index (χ2n) is 8.50. The maximum absolute atomic E-state index is 13.2. The van der Waals surface area contributed by atoms with Crippen molar-refractivity contribution in [1.29, 1.82) is 0 Å². The molecule has 7 nitrogen and oxygen atoms in total. The second-order valence-corrected chi connectivity index (χ2v) is 8.94. The number of piperidine rings is 1. The van der Waals surface area contributed by atoms with Crippen molar-refractivity contribution in [3.63, 3.8) is 0 Å². The number of hydrogen-bond acceptors (Lipinski definition) is 5. The van der Waals surface area contributed by atoms with E-state index in [1.165, 1.54) is 0 Å². The number of pyridine rings is 1. The number of aromatic nitrogens is 2. The molecule has 0 aliphatic carbocycles. The van der Waals surface area contributed by atoms with Crippen LogP contribution in [0.3, 0.4) is 0 Å². The standard InChI is InChI=1S/C25H28ClN5O2/c1-29(2)17-28-31-16-20(19-4-6-21(26)7-5-19)14-23(31)24(33)13-18-3-8-25(27-15-18)30-11-9-22(32)10-12-30/h3-8,14-17,22,32H,9-13H2,1-2H3/b28-17-. The molecule has 1 aromatic carbocycles. The van der Waals surface area contributed by atoms with Crippen molar-refractivity contribution < 1.29 is 9.90 Å². The lowest BCUT2D eigenvalue weighted by Gasteiger charge is -2.30. The second kappa shape index (κ2) is 10.2. The molecule has 1 aliphatic rings. The lowest BCUT2D eigenvalue weighted by Crippen LogP contribution is -2.36. The molecular weight excluding hydrogens is 438 g/mol. The van der Waals surface area contributed by atoms with Gasteiger partial charge in [0.15, 0.2) is 5.78 Å². The van der Waals surface area contributed by atoms with Crippen LogP contribution in [0.4, 0.5) is 5.82 Å². The first-order valence-corrected chi connectivity index (χ1v) is 11.4. The van der Waals surface area contributed by atoms with Crippen LogP contribution in [0.25, 0.3) is 11.1 Å². The molecule has 0 radical (unpaired) electrons. The van der Waals surface area contributed by atoms with Crippen molar-refractivity contribution in [2.75, 3.05) is 32.1 Å². The minimum absolute atomic E-state index is 0.0400. The molecule has 3 aromatic rings. The van der Waals surface area contributed by atoms with Gasteiger partial charge in [-0.2, -0.15) is 5.10 Å². The Hall–Kier alpha value is -3.16. The van der Waals surface area contributed by atoms with E-state index in [2.05, 4.69) is 15.0 Å². The molecule has 0 unspecified atom stereocenters. The number of benzene rings is 1. The molecule has 0 amide bonds.